The SMILES string of the molecule is C[C@@H]1Oc2ccccc2O[C@@H]1C(=O)Nc1cccc(-c2nnnn2C)c1. The molecule has 4 rings (SSSR count). The van der Waals surface area contributed by atoms with Crippen molar-refractivity contribution in [1.29, 1.82) is 0 Å². The summed E-state index contributed by atoms with van der Waals surface area (Å²) >= 11 is 0. The van der Waals surface area contributed by atoms with Gasteiger partial charge in [-0.1, -0.05) is 24.3 Å². The quantitative estimate of drug-likeness (QED) is 0.776. The van der Waals surface area contributed by atoms with Crippen molar-refractivity contribution in [1.82, 2.24) is 20.2 Å². The first-order valence-electron chi connectivity index (χ1n) is 8.18. The highest BCUT2D eigenvalue weighted by atomic mass is 16.6. The number of rotatable bonds is 3. The molecule has 0 radical (unpaired) electrons. The number of benzene rings is 2. The maximum Gasteiger partial charge on any atom is 0.269 e. The van der Waals surface area contributed by atoms with E-state index in [1.807, 2.05) is 43.3 Å². The molecule has 0 spiro atoms. The number of para-hydroxylation sites is 2. The molecule has 2 aromatic carbocycles. The van der Waals surface area contributed by atoms with E-state index in [2.05, 4.69) is 20.8 Å². The fourth-order valence-electron chi connectivity index (χ4n) is 2.83. The number of carbonyl (C=O) groups is 1. The standard InChI is InChI=1S/C18H17N5O3/c1-11-16(26-15-9-4-3-8-14(15)25-11)18(24)19-13-7-5-6-12(10-13)17-20-21-22-23(17)2/h3-11,16H,1-2H3,(H,19,24)/t11-,16-/m0/s1. The molecule has 1 aliphatic heterocycles. The normalized spacial score (nSPS) is 18.4. The molecule has 1 aromatic heterocycles. The fourth-order valence-corrected chi connectivity index (χ4v) is 2.83. The number of ether oxygens (including phenoxy) is 2. The second-order valence-corrected chi connectivity index (χ2v) is 6.00. The first kappa shape index (κ1) is 16.1. The van der Waals surface area contributed by atoms with Gasteiger partial charge in [-0.15, -0.1) is 5.10 Å². The number of nitrogens with one attached hydrogen (secondary N) is 1. The minimum atomic E-state index is -0.745. The van der Waals surface area contributed by atoms with Gasteiger partial charge in [-0.2, -0.15) is 0 Å². The van der Waals surface area contributed by atoms with Gasteiger partial charge in [-0.25, -0.2) is 4.68 Å². The Morgan fingerprint density at radius 2 is 1.88 bits per heavy atom. The average Bonchev–Trinajstić information content (AvgIpc) is 3.07. The first-order valence-corrected chi connectivity index (χ1v) is 8.18. The Morgan fingerprint density at radius 3 is 2.62 bits per heavy atom. The number of hydrogen-bond donors (Lipinski definition) is 1. The van der Waals surface area contributed by atoms with E-state index in [0.29, 0.717) is 23.0 Å². The summed E-state index contributed by atoms with van der Waals surface area (Å²) in [6.07, 6.45) is -1.15. The van der Waals surface area contributed by atoms with Gasteiger partial charge in [0.1, 0.15) is 6.10 Å². The van der Waals surface area contributed by atoms with Gasteiger partial charge in [0, 0.05) is 18.3 Å². The molecule has 26 heavy (non-hydrogen) atoms. The number of nitrogens with zero attached hydrogens (tertiary/aromatic N) is 4. The van der Waals surface area contributed by atoms with Crippen molar-refractivity contribution >= 4 is 11.6 Å². The lowest BCUT2D eigenvalue weighted by Gasteiger charge is -2.31. The van der Waals surface area contributed by atoms with Crippen LogP contribution in [-0.2, 0) is 11.8 Å². The van der Waals surface area contributed by atoms with Crippen LogP contribution in [0.4, 0.5) is 5.69 Å². The van der Waals surface area contributed by atoms with Crippen LogP contribution in [0.1, 0.15) is 6.92 Å². The minimum Gasteiger partial charge on any atom is -0.482 e. The maximum absolute atomic E-state index is 12.7. The highest BCUT2D eigenvalue weighted by Crippen LogP contribution is 2.33. The summed E-state index contributed by atoms with van der Waals surface area (Å²) in [7, 11) is 1.76. The second kappa shape index (κ2) is 6.47. The second-order valence-electron chi connectivity index (χ2n) is 6.00. The molecule has 0 unspecified atom stereocenters. The van der Waals surface area contributed by atoms with Gasteiger partial charge in [-0.3, -0.25) is 4.79 Å². The summed E-state index contributed by atoms with van der Waals surface area (Å²) in [5, 5.41) is 14.3. The number of carbonyl (C=O) groups excluding carboxylic acids is 1. The van der Waals surface area contributed by atoms with E-state index in [9.17, 15) is 4.79 Å². The van der Waals surface area contributed by atoms with Crippen LogP contribution in [0.25, 0.3) is 11.4 Å². The Kier molecular flexibility index (Phi) is 4.00. The van der Waals surface area contributed by atoms with Gasteiger partial charge < -0.3 is 14.8 Å². The van der Waals surface area contributed by atoms with Crippen molar-refractivity contribution in [3.63, 3.8) is 0 Å². The Bertz CT molecular complexity index is 955. The molecule has 0 bridgehead atoms. The maximum atomic E-state index is 12.7. The third-order valence-corrected chi connectivity index (χ3v) is 4.11. The van der Waals surface area contributed by atoms with Gasteiger partial charge in [-0.05, 0) is 41.6 Å². The zero-order valence-corrected chi connectivity index (χ0v) is 14.3. The van der Waals surface area contributed by atoms with Crippen molar-refractivity contribution in [2.24, 2.45) is 7.05 Å². The third-order valence-electron chi connectivity index (χ3n) is 4.11. The van der Waals surface area contributed by atoms with Crippen LogP contribution in [0, 0.1) is 0 Å². The molecular formula is C18H17N5O3. The lowest BCUT2D eigenvalue weighted by atomic mass is 10.1. The molecule has 132 valence electrons. The number of tetrazole rings is 1. The van der Waals surface area contributed by atoms with Crippen LogP contribution < -0.4 is 14.8 Å². The first-order chi connectivity index (χ1) is 12.6. The van der Waals surface area contributed by atoms with E-state index < -0.39 is 12.2 Å². The number of hydrogen-bond acceptors (Lipinski definition) is 6. The zero-order valence-electron chi connectivity index (χ0n) is 14.3. The summed E-state index contributed by atoms with van der Waals surface area (Å²) in [4.78, 5) is 12.7. The molecule has 8 heteroatoms. The lowest BCUT2D eigenvalue weighted by Crippen LogP contribution is -2.46. The Hall–Kier alpha value is -3.42. The van der Waals surface area contributed by atoms with Crippen molar-refractivity contribution < 1.29 is 14.3 Å². The Labute approximate surface area is 149 Å². The summed E-state index contributed by atoms with van der Waals surface area (Å²) < 4.78 is 13.2. The molecule has 1 aliphatic rings. The predicted molar refractivity (Wildman–Crippen MR) is 93.8 cm³/mol. The molecule has 0 saturated heterocycles. The van der Waals surface area contributed by atoms with Gasteiger partial charge in [0.05, 0.1) is 0 Å². The lowest BCUT2D eigenvalue weighted by molar-refractivity contribution is -0.128. The van der Waals surface area contributed by atoms with Crippen molar-refractivity contribution in [3.8, 4) is 22.9 Å². The van der Waals surface area contributed by atoms with Crippen molar-refractivity contribution in [2.75, 3.05) is 5.32 Å². The van der Waals surface area contributed by atoms with Crippen molar-refractivity contribution in [3.05, 3.63) is 48.5 Å². The van der Waals surface area contributed by atoms with E-state index in [4.69, 9.17) is 9.47 Å². The molecule has 1 amide bonds. The van der Waals surface area contributed by atoms with E-state index >= 15 is 0 Å². The van der Waals surface area contributed by atoms with E-state index in [-0.39, 0.29) is 5.91 Å². The van der Waals surface area contributed by atoms with Crippen molar-refractivity contribution in [2.45, 2.75) is 19.1 Å². The predicted octanol–water partition coefficient (Wildman–Crippen LogP) is 2.04. The van der Waals surface area contributed by atoms with Crippen LogP contribution in [-0.4, -0.2) is 38.3 Å². The topological polar surface area (TPSA) is 91.2 Å². The number of anilines is 1. The highest BCUT2D eigenvalue weighted by molar-refractivity contribution is 5.95. The van der Waals surface area contributed by atoms with Gasteiger partial charge in [0.25, 0.3) is 5.91 Å². The number of aromatic nitrogens is 4. The largest absolute Gasteiger partial charge is 0.482 e. The van der Waals surface area contributed by atoms with Crippen LogP contribution >= 0.6 is 0 Å². The highest BCUT2D eigenvalue weighted by Gasteiger charge is 2.34. The molecule has 8 nitrogen and oxygen atoms in total. The fraction of sp³-hybridized carbons (Fsp3) is 0.222. The average molecular weight is 351 g/mol. The molecule has 2 heterocycles. The summed E-state index contributed by atoms with van der Waals surface area (Å²) in [6.45, 7) is 1.81. The van der Waals surface area contributed by atoms with E-state index in [0.717, 1.165) is 5.56 Å². The summed E-state index contributed by atoms with van der Waals surface area (Å²) in [5.41, 5.74) is 1.43. The van der Waals surface area contributed by atoms with Crippen LogP contribution in [0.3, 0.4) is 0 Å². The third kappa shape index (κ3) is 2.97. The molecular weight excluding hydrogens is 334 g/mol. The van der Waals surface area contributed by atoms with Gasteiger partial charge in [0.2, 0.25) is 6.10 Å². The van der Waals surface area contributed by atoms with Crippen LogP contribution in [0.2, 0.25) is 0 Å². The zero-order chi connectivity index (χ0) is 18.1. The Morgan fingerprint density at radius 1 is 1.12 bits per heavy atom. The number of fused-ring (bicyclic) bond motifs is 1. The number of amides is 1. The minimum absolute atomic E-state index is 0.278. The summed E-state index contributed by atoms with van der Waals surface area (Å²) in [5.74, 6) is 1.53. The van der Waals surface area contributed by atoms with Crippen LogP contribution in [0.5, 0.6) is 11.5 Å². The summed E-state index contributed by atoms with van der Waals surface area (Å²) in [6, 6.07) is 14.6. The van der Waals surface area contributed by atoms with E-state index in [1.165, 1.54) is 0 Å². The molecule has 1 N–H and O–H groups in total. The van der Waals surface area contributed by atoms with Crippen LogP contribution in [0.15, 0.2) is 48.5 Å². The molecule has 3 aromatic rings. The molecule has 0 fully saturated rings. The van der Waals surface area contributed by atoms with E-state index in [1.54, 1.807) is 23.9 Å². The Balaban J connectivity index is 1.53. The molecule has 0 aliphatic carbocycles. The monoisotopic (exact) mass is 351 g/mol. The smallest absolute Gasteiger partial charge is 0.269 e. The van der Waals surface area contributed by atoms with Gasteiger partial charge >= 0.3 is 0 Å². The molecule has 0 saturated carbocycles. The van der Waals surface area contributed by atoms with Gasteiger partial charge in [0.15, 0.2) is 17.3 Å². The number of aryl methyl sites for hydroxylation is 1. The molecule has 2 atom stereocenters.